The van der Waals surface area contributed by atoms with Crippen molar-refractivity contribution in [3.8, 4) is 17.0 Å². The summed E-state index contributed by atoms with van der Waals surface area (Å²) in [6, 6.07) is 15.2. The van der Waals surface area contributed by atoms with E-state index in [0.29, 0.717) is 22.6 Å². The van der Waals surface area contributed by atoms with Crippen molar-refractivity contribution in [2.45, 2.75) is 31.8 Å². The highest BCUT2D eigenvalue weighted by atomic mass is 35.5. The standard InChI is InChI=1S/C26H21ClFNO4/c1-26(25(31)32-13-15-5-3-2-4-6-15)14-33-24-18(26)12-21(23(30)16-7-8-16)29-22(24)17-9-10-20(28)19(27)11-17/h2-6,9-12,16H,7-8,13-14H2,1H3. The minimum absolute atomic E-state index is 0.0423. The maximum absolute atomic E-state index is 13.8. The molecule has 1 aliphatic carbocycles. The molecule has 168 valence electrons. The van der Waals surface area contributed by atoms with Crippen LogP contribution in [0.15, 0.2) is 54.6 Å². The molecule has 5 rings (SSSR count). The minimum atomic E-state index is -1.12. The molecule has 33 heavy (non-hydrogen) atoms. The van der Waals surface area contributed by atoms with Gasteiger partial charge in [-0.05, 0) is 49.6 Å². The van der Waals surface area contributed by atoms with E-state index in [2.05, 4.69) is 4.98 Å². The molecule has 0 N–H and O–H groups in total. The first-order chi connectivity index (χ1) is 15.9. The van der Waals surface area contributed by atoms with Gasteiger partial charge < -0.3 is 9.47 Å². The summed E-state index contributed by atoms with van der Waals surface area (Å²) in [7, 11) is 0. The van der Waals surface area contributed by atoms with Crippen molar-refractivity contribution in [3.05, 3.63) is 82.3 Å². The molecule has 2 aliphatic rings. The molecular weight excluding hydrogens is 445 g/mol. The average Bonchev–Trinajstić information content (AvgIpc) is 3.62. The molecule has 0 bridgehead atoms. The SMILES string of the molecule is CC1(C(=O)OCc2ccccc2)COc2c1cc(C(=O)C1CC1)nc2-c1ccc(F)c(Cl)c1. The molecule has 5 nitrogen and oxygen atoms in total. The molecular formula is C26H21ClFNO4. The molecule has 1 fully saturated rings. The van der Waals surface area contributed by atoms with Crippen LogP contribution in [0.1, 0.15) is 41.4 Å². The quantitative estimate of drug-likeness (QED) is 0.354. The molecule has 3 aromatic rings. The van der Waals surface area contributed by atoms with Crippen LogP contribution in [0.4, 0.5) is 4.39 Å². The van der Waals surface area contributed by atoms with E-state index in [1.165, 1.54) is 18.2 Å². The van der Waals surface area contributed by atoms with Crippen LogP contribution in [0.25, 0.3) is 11.3 Å². The molecule has 2 heterocycles. The van der Waals surface area contributed by atoms with E-state index in [9.17, 15) is 14.0 Å². The van der Waals surface area contributed by atoms with Gasteiger partial charge in [-0.25, -0.2) is 9.37 Å². The minimum Gasteiger partial charge on any atom is -0.489 e. The van der Waals surface area contributed by atoms with Crippen LogP contribution < -0.4 is 4.74 Å². The second kappa shape index (κ2) is 8.27. The number of ketones is 1. The van der Waals surface area contributed by atoms with Crippen molar-refractivity contribution >= 4 is 23.4 Å². The number of carbonyl (C=O) groups excluding carboxylic acids is 2. The van der Waals surface area contributed by atoms with Crippen LogP contribution >= 0.6 is 11.6 Å². The van der Waals surface area contributed by atoms with E-state index in [-0.39, 0.29) is 35.6 Å². The number of hydrogen-bond donors (Lipinski definition) is 0. The monoisotopic (exact) mass is 465 g/mol. The fraction of sp³-hybridized carbons (Fsp3) is 0.269. The average molecular weight is 466 g/mol. The third-order valence-corrected chi connectivity index (χ3v) is 6.42. The van der Waals surface area contributed by atoms with Crippen molar-refractivity contribution in [2.75, 3.05) is 6.61 Å². The van der Waals surface area contributed by atoms with Gasteiger partial charge in [0.1, 0.15) is 41.6 Å². The number of esters is 1. The van der Waals surface area contributed by atoms with E-state index >= 15 is 0 Å². The topological polar surface area (TPSA) is 65.5 Å². The summed E-state index contributed by atoms with van der Waals surface area (Å²) in [6.07, 6.45) is 1.64. The van der Waals surface area contributed by atoms with Crippen LogP contribution in [0.3, 0.4) is 0 Å². The van der Waals surface area contributed by atoms with E-state index in [1.54, 1.807) is 13.0 Å². The van der Waals surface area contributed by atoms with Gasteiger partial charge in [-0.15, -0.1) is 0 Å². The number of carbonyl (C=O) groups is 2. The van der Waals surface area contributed by atoms with E-state index in [0.717, 1.165) is 18.4 Å². The molecule has 0 spiro atoms. The molecule has 1 atom stereocenters. The lowest BCUT2D eigenvalue weighted by molar-refractivity contribution is -0.151. The molecule has 1 aliphatic heterocycles. The van der Waals surface area contributed by atoms with Crippen LogP contribution in [0.5, 0.6) is 5.75 Å². The van der Waals surface area contributed by atoms with Crippen molar-refractivity contribution in [1.82, 2.24) is 4.98 Å². The number of halogens is 2. The van der Waals surface area contributed by atoms with E-state index < -0.39 is 17.2 Å². The molecule has 7 heteroatoms. The summed E-state index contributed by atoms with van der Waals surface area (Å²) in [5, 5.41) is -0.0648. The Morgan fingerprint density at radius 2 is 1.94 bits per heavy atom. The number of Topliss-reactive ketones (excluding diaryl/α,β-unsaturated/α-hetero) is 1. The Morgan fingerprint density at radius 1 is 1.18 bits per heavy atom. The largest absolute Gasteiger partial charge is 0.489 e. The Morgan fingerprint density at radius 3 is 2.64 bits per heavy atom. The van der Waals surface area contributed by atoms with E-state index in [4.69, 9.17) is 21.1 Å². The van der Waals surface area contributed by atoms with Crippen molar-refractivity contribution < 1.29 is 23.5 Å². The van der Waals surface area contributed by atoms with Crippen LogP contribution in [-0.4, -0.2) is 23.3 Å². The number of fused-ring (bicyclic) bond motifs is 1. The Labute approximate surface area is 195 Å². The molecule has 0 amide bonds. The van der Waals surface area contributed by atoms with Crippen molar-refractivity contribution in [2.24, 2.45) is 5.92 Å². The smallest absolute Gasteiger partial charge is 0.320 e. The molecule has 0 radical (unpaired) electrons. The fourth-order valence-electron chi connectivity index (χ4n) is 3.95. The lowest BCUT2D eigenvalue weighted by Crippen LogP contribution is -2.36. The lowest BCUT2D eigenvalue weighted by Gasteiger charge is -2.21. The number of nitrogens with zero attached hydrogens (tertiary/aromatic N) is 1. The van der Waals surface area contributed by atoms with Gasteiger partial charge in [0.25, 0.3) is 0 Å². The highest BCUT2D eigenvalue weighted by molar-refractivity contribution is 6.31. The van der Waals surface area contributed by atoms with Gasteiger partial charge in [-0.2, -0.15) is 0 Å². The third-order valence-electron chi connectivity index (χ3n) is 6.13. The molecule has 1 saturated carbocycles. The van der Waals surface area contributed by atoms with E-state index in [1.807, 2.05) is 30.3 Å². The Kier molecular flexibility index (Phi) is 5.41. The van der Waals surface area contributed by atoms with Gasteiger partial charge in [0, 0.05) is 17.0 Å². The number of benzene rings is 2. The number of aromatic nitrogens is 1. The maximum Gasteiger partial charge on any atom is 0.320 e. The van der Waals surface area contributed by atoms with Crippen LogP contribution in [0.2, 0.25) is 5.02 Å². The lowest BCUT2D eigenvalue weighted by atomic mass is 9.83. The molecule has 1 unspecified atom stereocenters. The van der Waals surface area contributed by atoms with Gasteiger partial charge in [0.2, 0.25) is 0 Å². The summed E-state index contributed by atoms with van der Waals surface area (Å²) < 4.78 is 25.3. The first-order valence-electron chi connectivity index (χ1n) is 10.8. The zero-order chi connectivity index (χ0) is 23.2. The first-order valence-corrected chi connectivity index (χ1v) is 11.1. The summed E-state index contributed by atoms with van der Waals surface area (Å²) >= 11 is 6.00. The highest BCUT2D eigenvalue weighted by Crippen LogP contribution is 2.46. The first kappa shape index (κ1) is 21.6. The van der Waals surface area contributed by atoms with Gasteiger partial charge in [0.05, 0.1) is 5.02 Å². The number of hydrogen-bond acceptors (Lipinski definition) is 5. The predicted molar refractivity (Wildman–Crippen MR) is 121 cm³/mol. The summed E-state index contributed by atoms with van der Waals surface area (Å²) in [5.74, 6) is -0.760. The second-order valence-electron chi connectivity index (χ2n) is 8.68. The van der Waals surface area contributed by atoms with Crippen LogP contribution in [-0.2, 0) is 21.6 Å². The zero-order valence-electron chi connectivity index (χ0n) is 17.9. The Bertz CT molecular complexity index is 1260. The summed E-state index contributed by atoms with van der Waals surface area (Å²) in [4.78, 5) is 30.7. The molecule has 0 saturated heterocycles. The van der Waals surface area contributed by atoms with Crippen molar-refractivity contribution in [1.29, 1.82) is 0 Å². The Hall–Kier alpha value is -3.25. The van der Waals surface area contributed by atoms with Gasteiger partial charge in [0.15, 0.2) is 5.78 Å². The summed E-state index contributed by atoms with van der Waals surface area (Å²) in [5.41, 5.74) is 1.41. The summed E-state index contributed by atoms with van der Waals surface area (Å²) in [6.45, 7) is 1.91. The predicted octanol–water partition coefficient (Wildman–Crippen LogP) is 5.53. The highest BCUT2D eigenvalue weighted by Gasteiger charge is 2.47. The normalized spacial score (nSPS) is 19.0. The second-order valence-corrected chi connectivity index (χ2v) is 9.09. The molecule has 1 aromatic heterocycles. The van der Waals surface area contributed by atoms with Crippen LogP contribution in [0, 0.1) is 11.7 Å². The third kappa shape index (κ3) is 4.00. The van der Waals surface area contributed by atoms with Gasteiger partial charge in [-0.3, -0.25) is 9.59 Å². The number of pyridine rings is 1. The Balaban J connectivity index is 1.55. The number of ether oxygens (including phenoxy) is 2. The van der Waals surface area contributed by atoms with Crippen molar-refractivity contribution in [3.63, 3.8) is 0 Å². The van der Waals surface area contributed by atoms with Gasteiger partial charge >= 0.3 is 5.97 Å². The maximum atomic E-state index is 13.8. The molecule has 2 aromatic carbocycles. The van der Waals surface area contributed by atoms with Gasteiger partial charge in [-0.1, -0.05) is 41.9 Å². The fourth-order valence-corrected chi connectivity index (χ4v) is 4.14. The number of rotatable bonds is 6. The zero-order valence-corrected chi connectivity index (χ0v) is 18.7.